The van der Waals surface area contributed by atoms with Crippen molar-refractivity contribution in [1.29, 1.82) is 0 Å². The monoisotopic (exact) mass is 242 g/mol. The molecule has 3 heteroatoms. The number of aliphatic hydroxyl groups is 1. The van der Waals surface area contributed by atoms with Gasteiger partial charge in [0.1, 0.15) is 5.75 Å². The average molecular weight is 243 g/mol. The third-order valence-electron chi connectivity index (χ3n) is 2.62. The summed E-state index contributed by atoms with van der Waals surface area (Å²) in [4.78, 5) is 0. The third kappa shape index (κ3) is 3.69. The van der Waals surface area contributed by atoms with Gasteiger partial charge in [-0.05, 0) is 56.9 Å². The highest BCUT2D eigenvalue weighted by Gasteiger charge is 2.14. The van der Waals surface area contributed by atoms with E-state index in [2.05, 4.69) is 0 Å². The van der Waals surface area contributed by atoms with E-state index in [4.69, 9.17) is 16.3 Å². The fourth-order valence-electron chi connectivity index (χ4n) is 1.56. The lowest BCUT2D eigenvalue weighted by molar-refractivity contribution is 0.0713. The number of ether oxygens (including phenoxy) is 1. The summed E-state index contributed by atoms with van der Waals surface area (Å²) in [5.74, 6) is 0.700. The van der Waals surface area contributed by atoms with Gasteiger partial charge >= 0.3 is 0 Å². The Kier molecular flexibility index (Phi) is 4.22. The van der Waals surface area contributed by atoms with E-state index in [-0.39, 0.29) is 0 Å². The average Bonchev–Trinajstić information content (AvgIpc) is 2.17. The van der Waals surface area contributed by atoms with Crippen LogP contribution in [0.25, 0.3) is 0 Å². The van der Waals surface area contributed by atoms with Crippen molar-refractivity contribution in [1.82, 2.24) is 0 Å². The van der Waals surface area contributed by atoms with Crippen LogP contribution in [0.3, 0.4) is 0 Å². The maximum atomic E-state index is 9.68. The van der Waals surface area contributed by atoms with Gasteiger partial charge in [0.05, 0.1) is 17.7 Å². The maximum Gasteiger partial charge on any atom is 0.137 e. The molecule has 0 unspecified atom stereocenters. The minimum absolute atomic E-state index is 0.624. The second-order valence-electron chi connectivity index (χ2n) is 4.73. The first-order chi connectivity index (χ1) is 7.33. The van der Waals surface area contributed by atoms with Gasteiger partial charge in [-0.25, -0.2) is 0 Å². The molecule has 0 aliphatic rings. The van der Waals surface area contributed by atoms with E-state index in [1.807, 2.05) is 32.9 Å². The van der Waals surface area contributed by atoms with E-state index in [0.717, 1.165) is 24.0 Å². The van der Waals surface area contributed by atoms with Crippen molar-refractivity contribution in [3.05, 3.63) is 28.3 Å². The number of hydrogen-bond donors (Lipinski definition) is 1. The van der Waals surface area contributed by atoms with Crippen molar-refractivity contribution in [2.45, 2.75) is 39.2 Å². The topological polar surface area (TPSA) is 29.5 Å². The number of methoxy groups -OCH3 is 1. The van der Waals surface area contributed by atoms with Crippen LogP contribution in [-0.4, -0.2) is 17.8 Å². The molecule has 1 aromatic rings. The highest BCUT2D eigenvalue weighted by molar-refractivity contribution is 6.32. The van der Waals surface area contributed by atoms with Crippen LogP contribution in [0.4, 0.5) is 0 Å². The number of benzene rings is 1. The van der Waals surface area contributed by atoms with Gasteiger partial charge in [0.15, 0.2) is 0 Å². The SMILES string of the molecule is COc1cc(C)c(CCC(C)(C)O)cc1Cl. The Labute approximate surface area is 102 Å². The summed E-state index contributed by atoms with van der Waals surface area (Å²) in [5, 5.41) is 10.3. The van der Waals surface area contributed by atoms with Gasteiger partial charge in [0.2, 0.25) is 0 Å². The molecule has 0 atom stereocenters. The first-order valence-corrected chi connectivity index (χ1v) is 5.76. The Morgan fingerprint density at radius 2 is 2.00 bits per heavy atom. The molecule has 0 aliphatic carbocycles. The van der Waals surface area contributed by atoms with Crippen LogP contribution < -0.4 is 4.74 Å². The summed E-state index contributed by atoms with van der Waals surface area (Å²) in [6.45, 7) is 5.65. The van der Waals surface area contributed by atoms with Crippen molar-refractivity contribution in [2.75, 3.05) is 7.11 Å². The van der Waals surface area contributed by atoms with E-state index in [0.29, 0.717) is 10.8 Å². The molecular formula is C13H19ClO2. The molecule has 1 rings (SSSR count). The molecule has 2 nitrogen and oxygen atoms in total. The van der Waals surface area contributed by atoms with Crippen LogP contribution in [-0.2, 0) is 6.42 Å². The van der Waals surface area contributed by atoms with Gasteiger partial charge in [-0.2, -0.15) is 0 Å². The Morgan fingerprint density at radius 3 is 2.50 bits per heavy atom. The van der Waals surface area contributed by atoms with Gasteiger partial charge in [-0.3, -0.25) is 0 Å². The third-order valence-corrected chi connectivity index (χ3v) is 2.91. The Bertz CT molecular complexity index is 367. The van der Waals surface area contributed by atoms with Crippen LogP contribution in [0.15, 0.2) is 12.1 Å². The standard InChI is InChI=1S/C13H19ClO2/c1-9-7-12(16-4)11(14)8-10(9)5-6-13(2,3)15/h7-8,15H,5-6H2,1-4H3. The van der Waals surface area contributed by atoms with Gasteiger partial charge < -0.3 is 9.84 Å². The fraction of sp³-hybridized carbons (Fsp3) is 0.538. The summed E-state index contributed by atoms with van der Waals surface area (Å²) < 4.78 is 5.14. The van der Waals surface area contributed by atoms with Crippen molar-refractivity contribution in [2.24, 2.45) is 0 Å². The van der Waals surface area contributed by atoms with E-state index in [1.165, 1.54) is 0 Å². The molecule has 90 valence electrons. The van der Waals surface area contributed by atoms with Crippen LogP contribution in [0.2, 0.25) is 5.02 Å². The Balaban J connectivity index is 2.86. The molecule has 0 saturated heterocycles. The highest BCUT2D eigenvalue weighted by atomic mass is 35.5. The Hall–Kier alpha value is -0.730. The summed E-state index contributed by atoms with van der Waals surface area (Å²) in [6.07, 6.45) is 1.54. The van der Waals surface area contributed by atoms with Crippen LogP contribution >= 0.6 is 11.6 Å². The van der Waals surface area contributed by atoms with E-state index >= 15 is 0 Å². The molecule has 0 aliphatic heterocycles. The van der Waals surface area contributed by atoms with Gasteiger partial charge in [0, 0.05) is 0 Å². The molecule has 16 heavy (non-hydrogen) atoms. The predicted molar refractivity (Wildman–Crippen MR) is 67.4 cm³/mol. The first kappa shape index (κ1) is 13.3. The maximum absolute atomic E-state index is 9.68. The molecule has 0 radical (unpaired) electrons. The molecule has 0 saturated carbocycles. The van der Waals surface area contributed by atoms with Gasteiger partial charge in [-0.15, -0.1) is 0 Å². The fourth-order valence-corrected chi connectivity index (χ4v) is 1.83. The molecular weight excluding hydrogens is 224 g/mol. The van der Waals surface area contributed by atoms with Crippen LogP contribution in [0, 0.1) is 6.92 Å². The van der Waals surface area contributed by atoms with Crippen LogP contribution in [0.5, 0.6) is 5.75 Å². The van der Waals surface area contributed by atoms with Gasteiger partial charge in [0.25, 0.3) is 0 Å². The zero-order chi connectivity index (χ0) is 12.3. The van der Waals surface area contributed by atoms with Crippen molar-refractivity contribution < 1.29 is 9.84 Å². The minimum Gasteiger partial charge on any atom is -0.495 e. The van der Waals surface area contributed by atoms with E-state index in [9.17, 15) is 5.11 Å². The predicted octanol–water partition coefficient (Wildman–Crippen LogP) is 3.36. The van der Waals surface area contributed by atoms with Gasteiger partial charge in [-0.1, -0.05) is 11.6 Å². The summed E-state index contributed by atoms with van der Waals surface area (Å²) in [5.41, 5.74) is 1.66. The first-order valence-electron chi connectivity index (χ1n) is 5.39. The van der Waals surface area contributed by atoms with Crippen LogP contribution in [0.1, 0.15) is 31.4 Å². The highest BCUT2D eigenvalue weighted by Crippen LogP contribution is 2.29. The molecule has 0 amide bonds. The Morgan fingerprint density at radius 1 is 1.38 bits per heavy atom. The summed E-state index contributed by atoms with van der Waals surface area (Å²) >= 11 is 6.06. The number of aryl methyl sites for hydroxylation is 2. The molecule has 0 heterocycles. The number of rotatable bonds is 4. The molecule has 0 fully saturated rings. The molecule has 1 N–H and O–H groups in total. The van der Waals surface area contributed by atoms with Crippen molar-refractivity contribution in [3.63, 3.8) is 0 Å². The van der Waals surface area contributed by atoms with E-state index < -0.39 is 5.60 Å². The van der Waals surface area contributed by atoms with E-state index in [1.54, 1.807) is 7.11 Å². The summed E-state index contributed by atoms with van der Waals surface area (Å²) in [7, 11) is 1.61. The normalized spacial score (nSPS) is 11.6. The zero-order valence-electron chi connectivity index (χ0n) is 10.3. The molecule has 0 bridgehead atoms. The molecule has 0 aromatic heterocycles. The summed E-state index contributed by atoms with van der Waals surface area (Å²) in [6, 6.07) is 3.85. The lowest BCUT2D eigenvalue weighted by Crippen LogP contribution is -2.19. The lowest BCUT2D eigenvalue weighted by Gasteiger charge is -2.18. The quantitative estimate of drug-likeness (QED) is 0.877. The molecule has 1 aromatic carbocycles. The second kappa shape index (κ2) is 5.07. The zero-order valence-corrected chi connectivity index (χ0v) is 11.1. The molecule has 0 spiro atoms. The largest absolute Gasteiger partial charge is 0.495 e. The number of hydrogen-bond acceptors (Lipinski definition) is 2. The smallest absolute Gasteiger partial charge is 0.137 e. The van der Waals surface area contributed by atoms with Crippen molar-refractivity contribution in [3.8, 4) is 5.75 Å². The second-order valence-corrected chi connectivity index (χ2v) is 5.13. The minimum atomic E-state index is -0.640. The number of halogens is 1. The lowest BCUT2D eigenvalue weighted by atomic mass is 9.96. The van der Waals surface area contributed by atoms with Crippen molar-refractivity contribution >= 4 is 11.6 Å².